The highest BCUT2D eigenvalue weighted by Crippen LogP contribution is 2.22. The van der Waals surface area contributed by atoms with Gasteiger partial charge < -0.3 is 15.4 Å². The molecule has 2 amide bonds. The number of carbonyl (C=O) groups excluding carboxylic acids is 2. The van der Waals surface area contributed by atoms with Crippen molar-refractivity contribution in [3.05, 3.63) is 70.8 Å². The SMILES string of the molecule is COCc1ccccc1CNC(=O)[C@@H](CCSC)NC(=O)c1ccc(C(C)(C)C)cc1. The molecule has 0 unspecified atom stereocenters. The zero-order valence-corrected chi connectivity index (χ0v) is 20.0. The summed E-state index contributed by atoms with van der Waals surface area (Å²) in [6, 6.07) is 14.8. The number of hydrogen-bond acceptors (Lipinski definition) is 4. The average Bonchev–Trinajstić information content (AvgIpc) is 2.75. The van der Waals surface area contributed by atoms with E-state index in [-0.39, 0.29) is 17.2 Å². The van der Waals surface area contributed by atoms with Crippen LogP contribution in [0.2, 0.25) is 0 Å². The fraction of sp³-hybridized carbons (Fsp3) is 0.440. The number of amides is 2. The second kappa shape index (κ2) is 11.9. The Bertz CT molecular complexity index is 860. The lowest BCUT2D eigenvalue weighted by Gasteiger charge is -2.20. The second-order valence-electron chi connectivity index (χ2n) is 8.55. The first kappa shape index (κ1) is 25.0. The molecule has 0 radical (unpaired) electrons. The summed E-state index contributed by atoms with van der Waals surface area (Å²) in [6.07, 6.45) is 2.56. The van der Waals surface area contributed by atoms with E-state index in [1.165, 1.54) is 0 Å². The van der Waals surface area contributed by atoms with Crippen molar-refractivity contribution >= 4 is 23.6 Å². The van der Waals surface area contributed by atoms with Crippen LogP contribution in [0.1, 0.15) is 54.2 Å². The number of benzene rings is 2. The lowest BCUT2D eigenvalue weighted by Crippen LogP contribution is -2.47. The molecule has 0 heterocycles. The van der Waals surface area contributed by atoms with Gasteiger partial charge in [0.2, 0.25) is 5.91 Å². The molecule has 0 aliphatic rings. The van der Waals surface area contributed by atoms with E-state index in [9.17, 15) is 9.59 Å². The van der Waals surface area contributed by atoms with Crippen LogP contribution in [-0.4, -0.2) is 37.0 Å². The molecule has 0 aromatic heterocycles. The van der Waals surface area contributed by atoms with Crippen LogP contribution >= 0.6 is 11.8 Å². The highest BCUT2D eigenvalue weighted by Gasteiger charge is 2.22. The largest absolute Gasteiger partial charge is 0.380 e. The zero-order chi connectivity index (χ0) is 22.9. The van der Waals surface area contributed by atoms with Crippen LogP contribution in [0.15, 0.2) is 48.5 Å². The Balaban J connectivity index is 2.05. The van der Waals surface area contributed by atoms with Crippen LogP contribution in [0.4, 0.5) is 0 Å². The summed E-state index contributed by atoms with van der Waals surface area (Å²) in [4.78, 5) is 25.7. The third-order valence-electron chi connectivity index (χ3n) is 5.12. The molecule has 0 aliphatic heterocycles. The minimum atomic E-state index is -0.586. The summed E-state index contributed by atoms with van der Waals surface area (Å²) in [5.41, 5.74) is 3.78. The molecular weight excluding hydrogens is 408 g/mol. The molecule has 2 N–H and O–H groups in total. The molecule has 2 aromatic rings. The Hall–Kier alpha value is -2.31. The maximum Gasteiger partial charge on any atom is 0.251 e. The molecule has 0 bridgehead atoms. The van der Waals surface area contributed by atoms with E-state index >= 15 is 0 Å². The van der Waals surface area contributed by atoms with Crippen LogP contribution in [0.25, 0.3) is 0 Å². The normalized spacial score (nSPS) is 12.3. The third-order valence-corrected chi connectivity index (χ3v) is 5.76. The Labute approximate surface area is 190 Å². The summed E-state index contributed by atoms with van der Waals surface area (Å²) in [5.74, 6) is 0.365. The molecule has 168 valence electrons. The Morgan fingerprint density at radius 1 is 1.03 bits per heavy atom. The highest BCUT2D eigenvalue weighted by atomic mass is 32.2. The molecule has 5 nitrogen and oxygen atoms in total. The van der Waals surface area contributed by atoms with Gasteiger partial charge in [-0.1, -0.05) is 57.2 Å². The fourth-order valence-electron chi connectivity index (χ4n) is 3.20. The highest BCUT2D eigenvalue weighted by molar-refractivity contribution is 7.98. The molecule has 2 aromatic carbocycles. The van der Waals surface area contributed by atoms with Gasteiger partial charge in [0.25, 0.3) is 5.91 Å². The van der Waals surface area contributed by atoms with E-state index in [2.05, 4.69) is 31.4 Å². The summed E-state index contributed by atoms with van der Waals surface area (Å²) < 4.78 is 5.23. The van der Waals surface area contributed by atoms with E-state index in [0.29, 0.717) is 25.1 Å². The minimum absolute atomic E-state index is 0.0227. The number of carbonyl (C=O) groups is 2. The van der Waals surface area contributed by atoms with Crippen molar-refractivity contribution in [3.8, 4) is 0 Å². The summed E-state index contributed by atoms with van der Waals surface area (Å²) in [6.45, 7) is 7.29. The lowest BCUT2D eigenvalue weighted by molar-refractivity contribution is -0.123. The predicted octanol–water partition coefficient (Wildman–Crippen LogP) is 4.30. The van der Waals surface area contributed by atoms with Crippen LogP contribution in [0.3, 0.4) is 0 Å². The summed E-state index contributed by atoms with van der Waals surface area (Å²) >= 11 is 1.65. The predicted molar refractivity (Wildman–Crippen MR) is 128 cm³/mol. The minimum Gasteiger partial charge on any atom is -0.380 e. The third kappa shape index (κ3) is 7.71. The molecule has 0 saturated heterocycles. The second-order valence-corrected chi connectivity index (χ2v) is 9.54. The quantitative estimate of drug-likeness (QED) is 0.576. The number of ether oxygens (including phenoxy) is 1. The smallest absolute Gasteiger partial charge is 0.251 e. The van der Waals surface area contributed by atoms with Crippen molar-refractivity contribution in [1.29, 1.82) is 0 Å². The standard InChI is InChI=1S/C25H34N2O3S/c1-25(2,3)21-12-10-18(11-13-21)23(28)27-22(14-15-31-5)24(29)26-16-19-8-6-7-9-20(19)17-30-4/h6-13,22H,14-17H2,1-5H3,(H,26,29)(H,27,28)/t22-/m1/s1. The van der Waals surface area contributed by atoms with Crippen LogP contribution in [0, 0.1) is 0 Å². The first-order valence-electron chi connectivity index (χ1n) is 10.5. The Kier molecular flexibility index (Phi) is 9.59. The van der Waals surface area contributed by atoms with Gasteiger partial charge in [-0.25, -0.2) is 0 Å². The Morgan fingerprint density at radius 3 is 2.26 bits per heavy atom. The maximum atomic E-state index is 12.9. The van der Waals surface area contributed by atoms with Gasteiger partial charge in [-0.3, -0.25) is 9.59 Å². The number of nitrogens with one attached hydrogen (secondary N) is 2. The first-order valence-corrected chi connectivity index (χ1v) is 11.9. The topological polar surface area (TPSA) is 67.4 Å². The van der Waals surface area contributed by atoms with Crippen molar-refractivity contribution in [2.45, 2.75) is 51.8 Å². The van der Waals surface area contributed by atoms with E-state index in [4.69, 9.17) is 4.74 Å². The van der Waals surface area contributed by atoms with Gasteiger partial charge in [0, 0.05) is 19.2 Å². The molecule has 31 heavy (non-hydrogen) atoms. The molecular formula is C25H34N2O3S. The number of hydrogen-bond donors (Lipinski definition) is 2. The first-order chi connectivity index (χ1) is 14.8. The van der Waals surface area contributed by atoms with E-state index in [1.54, 1.807) is 18.9 Å². The zero-order valence-electron chi connectivity index (χ0n) is 19.2. The van der Waals surface area contributed by atoms with Gasteiger partial charge in [-0.15, -0.1) is 0 Å². The van der Waals surface area contributed by atoms with Crippen molar-refractivity contribution in [3.63, 3.8) is 0 Å². The van der Waals surface area contributed by atoms with Crippen molar-refractivity contribution in [1.82, 2.24) is 10.6 Å². The van der Waals surface area contributed by atoms with Gasteiger partial charge in [-0.2, -0.15) is 11.8 Å². The van der Waals surface area contributed by atoms with E-state index in [0.717, 1.165) is 22.4 Å². The summed E-state index contributed by atoms with van der Waals surface area (Å²) in [5, 5.41) is 5.89. The van der Waals surface area contributed by atoms with Crippen LogP contribution < -0.4 is 10.6 Å². The monoisotopic (exact) mass is 442 g/mol. The van der Waals surface area contributed by atoms with Crippen molar-refractivity contribution < 1.29 is 14.3 Å². The molecule has 0 spiro atoms. The molecule has 0 saturated carbocycles. The van der Waals surface area contributed by atoms with Gasteiger partial charge in [0.05, 0.1) is 6.61 Å². The lowest BCUT2D eigenvalue weighted by atomic mass is 9.86. The molecule has 0 aliphatic carbocycles. The van der Waals surface area contributed by atoms with Crippen LogP contribution in [-0.2, 0) is 28.1 Å². The summed E-state index contributed by atoms with van der Waals surface area (Å²) in [7, 11) is 1.65. The number of methoxy groups -OCH3 is 1. The molecule has 1 atom stereocenters. The van der Waals surface area contributed by atoms with Gasteiger partial charge in [0.1, 0.15) is 6.04 Å². The van der Waals surface area contributed by atoms with Gasteiger partial charge >= 0.3 is 0 Å². The number of rotatable bonds is 10. The van der Waals surface area contributed by atoms with Crippen molar-refractivity contribution in [2.75, 3.05) is 19.1 Å². The van der Waals surface area contributed by atoms with Gasteiger partial charge in [0.15, 0.2) is 0 Å². The molecule has 0 fully saturated rings. The number of thioether (sulfide) groups is 1. The van der Waals surface area contributed by atoms with Crippen molar-refractivity contribution in [2.24, 2.45) is 0 Å². The van der Waals surface area contributed by atoms with Gasteiger partial charge in [-0.05, 0) is 52.7 Å². The Morgan fingerprint density at radius 2 is 1.68 bits per heavy atom. The molecule has 6 heteroatoms. The molecule has 2 rings (SSSR count). The van der Waals surface area contributed by atoms with E-state index < -0.39 is 6.04 Å². The van der Waals surface area contributed by atoms with Crippen LogP contribution in [0.5, 0.6) is 0 Å². The van der Waals surface area contributed by atoms with E-state index in [1.807, 2.05) is 54.8 Å². The average molecular weight is 443 g/mol. The maximum absolute atomic E-state index is 12.9. The fourth-order valence-corrected chi connectivity index (χ4v) is 3.67.